The second-order valence-corrected chi connectivity index (χ2v) is 7.21. The number of amides is 1. The normalized spacial score (nSPS) is 11.9. The topological polar surface area (TPSA) is 68.5 Å². The highest BCUT2D eigenvalue weighted by Gasteiger charge is 2.15. The molecule has 0 saturated carbocycles. The van der Waals surface area contributed by atoms with E-state index in [9.17, 15) is 9.59 Å². The quantitative estimate of drug-likeness (QED) is 0.488. The van der Waals surface area contributed by atoms with Gasteiger partial charge in [-0.3, -0.25) is 9.59 Å². The summed E-state index contributed by atoms with van der Waals surface area (Å²) in [5.41, 5.74) is 1.88. The standard InChI is InChI=1S/C21H21NO4S/c1-14-7-3-6-10-19(14)27-13-21(24)25-12-20(23)22-15(2)18-11-16-8-4-5-9-17(16)26-18/h3-11,15H,12-13H2,1-2H3,(H,22,23)/t15-/m1/s1. The van der Waals surface area contributed by atoms with E-state index in [1.54, 1.807) is 0 Å². The molecule has 6 heteroatoms. The van der Waals surface area contributed by atoms with E-state index in [1.165, 1.54) is 11.8 Å². The third-order valence-corrected chi connectivity index (χ3v) is 5.20. The highest BCUT2D eigenvalue weighted by atomic mass is 32.2. The van der Waals surface area contributed by atoms with Crippen LogP contribution in [-0.2, 0) is 14.3 Å². The highest BCUT2D eigenvalue weighted by Crippen LogP contribution is 2.24. The zero-order chi connectivity index (χ0) is 19.2. The molecule has 2 aromatic carbocycles. The number of ether oxygens (including phenoxy) is 1. The van der Waals surface area contributed by atoms with Gasteiger partial charge in [-0.05, 0) is 37.6 Å². The van der Waals surface area contributed by atoms with Crippen molar-refractivity contribution in [1.29, 1.82) is 0 Å². The molecule has 3 aromatic rings. The van der Waals surface area contributed by atoms with E-state index in [-0.39, 0.29) is 24.3 Å². The van der Waals surface area contributed by atoms with Crippen molar-refractivity contribution in [3.05, 3.63) is 65.9 Å². The van der Waals surface area contributed by atoms with Gasteiger partial charge in [0.1, 0.15) is 11.3 Å². The van der Waals surface area contributed by atoms with Crippen molar-refractivity contribution in [3.8, 4) is 0 Å². The number of aryl methyl sites for hydroxylation is 1. The van der Waals surface area contributed by atoms with Crippen LogP contribution in [0.3, 0.4) is 0 Å². The first-order chi connectivity index (χ1) is 13.0. The van der Waals surface area contributed by atoms with Crippen LogP contribution >= 0.6 is 11.8 Å². The number of hydrogen-bond acceptors (Lipinski definition) is 5. The summed E-state index contributed by atoms with van der Waals surface area (Å²) in [7, 11) is 0. The minimum Gasteiger partial charge on any atom is -0.459 e. The van der Waals surface area contributed by atoms with Crippen LogP contribution in [0, 0.1) is 6.92 Å². The van der Waals surface area contributed by atoms with E-state index in [1.807, 2.05) is 68.4 Å². The molecule has 27 heavy (non-hydrogen) atoms. The molecule has 0 aliphatic rings. The fourth-order valence-electron chi connectivity index (χ4n) is 2.61. The Morgan fingerprint density at radius 2 is 1.89 bits per heavy atom. The van der Waals surface area contributed by atoms with E-state index < -0.39 is 5.97 Å². The van der Waals surface area contributed by atoms with Crippen molar-refractivity contribution in [2.75, 3.05) is 12.4 Å². The highest BCUT2D eigenvalue weighted by molar-refractivity contribution is 8.00. The number of carbonyl (C=O) groups excluding carboxylic acids is 2. The summed E-state index contributed by atoms with van der Waals surface area (Å²) in [6.45, 7) is 3.50. The van der Waals surface area contributed by atoms with E-state index in [4.69, 9.17) is 9.15 Å². The molecule has 1 atom stereocenters. The molecular formula is C21H21NO4S. The summed E-state index contributed by atoms with van der Waals surface area (Å²) in [5, 5.41) is 3.76. The van der Waals surface area contributed by atoms with E-state index >= 15 is 0 Å². The number of furan rings is 1. The van der Waals surface area contributed by atoms with Gasteiger partial charge in [0.2, 0.25) is 0 Å². The average Bonchev–Trinajstić information content (AvgIpc) is 3.10. The second-order valence-electron chi connectivity index (χ2n) is 6.19. The van der Waals surface area contributed by atoms with Gasteiger partial charge in [0.05, 0.1) is 11.8 Å². The molecular weight excluding hydrogens is 362 g/mol. The molecule has 5 nitrogen and oxygen atoms in total. The Bertz CT molecular complexity index is 917. The van der Waals surface area contributed by atoms with Gasteiger partial charge in [-0.1, -0.05) is 36.4 Å². The number of hydrogen-bond donors (Lipinski definition) is 1. The smallest absolute Gasteiger partial charge is 0.316 e. The van der Waals surface area contributed by atoms with Crippen molar-refractivity contribution in [2.45, 2.75) is 24.8 Å². The average molecular weight is 383 g/mol. The Labute approximate surface area is 162 Å². The summed E-state index contributed by atoms with van der Waals surface area (Å²) in [5.74, 6) is 0.0371. The molecule has 0 spiro atoms. The number of para-hydroxylation sites is 1. The van der Waals surface area contributed by atoms with Crippen molar-refractivity contribution in [1.82, 2.24) is 5.32 Å². The molecule has 0 radical (unpaired) electrons. The van der Waals surface area contributed by atoms with Crippen LogP contribution in [0.25, 0.3) is 11.0 Å². The predicted molar refractivity (Wildman–Crippen MR) is 106 cm³/mol. The van der Waals surface area contributed by atoms with Crippen LogP contribution in [-0.4, -0.2) is 24.2 Å². The van der Waals surface area contributed by atoms with Gasteiger partial charge < -0.3 is 14.5 Å². The molecule has 1 heterocycles. The van der Waals surface area contributed by atoms with Crippen molar-refractivity contribution in [2.24, 2.45) is 0 Å². The first kappa shape index (κ1) is 19.0. The number of thioether (sulfide) groups is 1. The van der Waals surface area contributed by atoms with Gasteiger partial charge in [-0.15, -0.1) is 11.8 Å². The summed E-state index contributed by atoms with van der Waals surface area (Å²) < 4.78 is 10.8. The molecule has 3 rings (SSSR count). The lowest BCUT2D eigenvalue weighted by Gasteiger charge is -2.11. The first-order valence-electron chi connectivity index (χ1n) is 8.65. The number of carbonyl (C=O) groups is 2. The minimum absolute atomic E-state index is 0.164. The Hall–Kier alpha value is -2.73. The van der Waals surface area contributed by atoms with Crippen molar-refractivity contribution >= 4 is 34.6 Å². The number of nitrogens with one attached hydrogen (secondary N) is 1. The van der Waals surface area contributed by atoms with Gasteiger partial charge in [0.25, 0.3) is 5.91 Å². The van der Waals surface area contributed by atoms with E-state index in [2.05, 4.69) is 5.32 Å². The maximum atomic E-state index is 12.0. The number of fused-ring (bicyclic) bond motifs is 1. The Balaban J connectivity index is 1.44. The number of esters is 1. The molecule has 1 N–H and O–H groups in total. The second kappa shape index (κ2) is 8.77. The van der Waals surface area contributed by atoms with E-state index in [0.717, 1.165) is 21.4 Å². The predicted octanol–water partition coefficient (Wildman–Crippen LogP) is 4.25. The van der Waals surface area contributed by atoms with Crippen LogP contribution in [0.4, 0.5) is 0 Å². The van der Waals surface area contributed by atoms with Crippen LogP contribution < -0.4 is 5.32 Å². The van der Waals surface area contributed by atoms with Gasteiger partial charge in [-0.2, -0.15) is 0 Å². The molecule has 0 bridgehead atoms. The summed E-state index contributed by atoms with van der Waals surface area (Å²) in [6, 6.07) is 17.0. The largest absolute Gasteiger partial charge is 0.459 e. The summed E-state index contributed by atoms with van der Waals surface area (Å²) >= 11 is 1.40. The van der Waals surface area contributed by atoms with Gasteiger partial charge in [0, 0.05) is 10.3 Å². The van der Waals surface area contributed by atoms with Gasteiger partial charge >= 0.3 is 5.97 Å². The van der Waals surface area contributed by atoms with Gasteiger partial charge in [-0.25, -0.2) is 0 Å². The Morgan fingerprint density at radius 3 is 2.67 bits per heavy atom. The lowest BCUT2D eigenvalue weighted by atomic mass is 10.2. The Kier molecular flexibility index (Phi) is 6.19. The Morgan fingerprint density at radius 1 is 1.15 bits per heavy atom. The van der Waals surface area contributed by atoms with E-state index in [0.29, 0.717) is 5.76 Å². The molecule has 0 aliphatic heterocycles. The molecule has 0 fully saturated rings. The SMILES string of the molecule is Cc1ccccc1SCC(=O)OCC(=O)N[C@H](C)c1cc2ccccc2o1. The van der Waals surface area contributed by atoms with Crippen LogP contribution in [0.15, 0.2) is 63.9 Å². The monoisotopic (exact) mass is 383 g/mol. The molecule has 0 unspecified atom stereocenters. The third kappa shape index (κ3) is 5.14. The summed E-state index contributed by atoms with van der Waals surface area (Å²) in [6.07, 6.45) is 0. The van der Waals surface area contributed by atoms with Crippen LogP contribution in [0.1, 0.15) is 24.3 Å². The zero-order valence-electron chi connectivity index (χ0n) is 15.2. The van der Waals surface area contributed by atoms with Crippen LogP contribution in [0.2, 0.25) is 0 Å². The molecule has 0 saturated heterocycles. The molecule has 0 aliphatic carbocycles. The van der Waals surface area contributed by atoms with Gasteiger partial charge in [0.15, 0.2) is 6.61 Å². The molecule has 1 amide bonds. The number of rotatable bonds is 7. The third-order valence-electron chi connectivity index (χ3n) is 4.05. The molecule has 1 aromatic heterocycles. The van der Waals surface area contributed by atoms with Crippen LogP contribution in [0.5, 0.6) is 0 Å². The minimum atomic E-state index is -0.421. The van der Waals surface area contributed by atoms with Crippen molar-refractivity contribution < 1.29 is 18.7 Å². The first-order valence-corrected chi connectivity index (χ1v) is 9.63. The lowest BCUT2D eigenvalue weighted by molar-refractivity contribution is -0.146. The maximum Gasteiger partial charge on any atom is 0.316 e. The lowest BCUT2D eigenvalue weighted by Crippen LogP contribution is -2.31. The molecule has 140 valence electrons. The maximum absolute atomic E-state index is 12.0. The summed E-state index contributed by atoms with van der Waals surface area (Å²) in [4.78, 5) is 24.9. The fraction of sp³-hybridized carbons (Fsp3) is 0.238. The zero-order valence-corrected chi connectivity index (χ0v) is 16.0. The fourth-order valence-corrected chi connectivity index (χ4v) is 3.44. The number of benzene rings is 2. The van der Waals surface area contributed by atoms with Crippen molar-refractivity contribution in [3.63, 3.8) is 0 Å².